The molecule has 2 aromatic rings. The Morgan fingerprint density at radius 3 is 2.30 bits per heavy atom. The molecule has 262 valence electrons. The molecular formula is C38H59N3O5S. The highest BCUT2D eigenvalue weighted by Gasteiger charge is 2.27. The summed E-state index contributed by atoms with van der Waals surface area (Å²) >= 11 is 1.38. The van der Waals surface area contributed by atoms with Crippen molar-refractivity contribution in [2.24, 2.45) is 11.8 Å². The van der Waals surface area contributed by atoms with Crippen molar-refractivity contribution in [2.75, 3.05) is 33.6 Å². The molecule has 0 saturated carbocycles. The van der Waals surface area contributed by atoms with E-state index in [-0.39, 0.29) is 22.6 Å². The molecule has 0 radical (unpaired) electrons. The number of methoxy groups -OCH3 is 2. The minimum absolute atomic E-state index is 0.0231. The standard InChI is InChI=1S/C29H46N2O3.C7H7NO2S.C2H6/c1-8-11-13-25(21(4)5)29(32)31(16-10-3)20-22-14-15-30-26(17-22)24-18-23(12-9-2)28(34-7)27(19-24)33-6;1-11-7-5-3-2-4-6(7)8(9)10;1-2/h14-15,17-19,21,25-26,30H,8-13,16,20H2,1-7H3;2-5H,1H3;1-2H3. The fraction of sp³-hybridized carbons (Fsp3) is 0.553. The molecule has 1 heterocycles. The first-order chi connectivity index (χ1) is 22.6. The zero-order valence-corrected chi connectivity index (χ0v) is 31.2. The van der Waals surface area contributed by atoms with Crippen molar-refractivity contribution >= 4 is 23.4 Å². The lowest BCUT2D eigenvalue weighted by Gasteiger charge is -2.31. The maximum Gasteiger partial charge on any atom is 0.282 e. The molecule has 1 aliphatic heterocycles. The van der Waals surface area contributed by atoms with Crippen LogP contribution in [0, 0.1) is 22.0 Å². The Hall–Kier alpha value is -3.46. The second-order valence-electron chi connectivity index (χ2n) is 11.6. The van der Waals surface area contributed by atoms with Gasteiger partial charge in [0.1, 0.15) is 0 Å². The van der Waals surface area contributed by atoms with Crippen molar-refractivity contribution in [3.8, 4) is 11.5 Å². The number of nitro benzene ring substituents is 1. The number of ether oxygens (including phenoxy) is 2. The number of amides is 1. The summed E-state index contributed by atoms with van der Waals surface area (Å²) in [7, 11) is 3.38. The number of nitrogens with one attached hydrogen (secondary N) is 1. The first-order valence-electron chi connectivity index (χ1n) is 17.1. The SMILES string of the molecule is CC.CCCCC(C(=O)N(CCC)CC1=CC(c2cc(CCC)c(OC)c(OC)c2)NC=C1)C(C)C.CSc1ccccc1[N+](=O)[O-]. The molecule has 0 aliphatic carbocycles. The summed E-state index contributed by atoms with van der Waals surface area (Å²) in [6.07, 6.45) is 14.3. The van der Waals surface area contributed by atoms with Crippen molar-refractivity contribution in [1.82, 2.24) is 10.2 Å². The number of dihydropyridines is 1. The number of hydrogen-bond donors (Lipinski definition) is 1. The molecule has 0 fully saturated rings. The van der Waals surface area contributed by atoms with Crippen LogP contribution < -0.4 is 14.8 Å². The van der Waals surface area contributed by atoms with Gasteiger partial charge in [0.05, 0.1) is 30.1 Å². The summed E-state index contributed by atoms with van der Waals surface area (Å²) in [4.78, 5) is 26.3. The third-order valence-corrected chi connectivity index (χ3v) is 8.65. The second kappa shape index (κ2) is 23.0. The molecule has 3 rings (SSSR count). The first kappa shape index (κ1) is 41.6. The molecule has 47 heavy (non-hydrogen) atoms. The number of benzene rings is 2. The monoisotopic (exact) mass is 669 g/mol. The van der Waals surface area contributed by atoms with E-state index in [9.17, 15) is 14.9 Å². The van der Waals surface area contributed by atoms with Gasteiger partial charge in [0.15, 0.2) is 11.5 Å². The number of unbranched alkanes of at least 4 members (excludes halogenated alkanes) is 1. The van der Waals surface area contributed by atoms with Crippen LogP contribution in [0.4, 0.5) is 5.69 Å². The number of aryl methyl sites for hydroxylation is 1. The second-order valence-corrected chi connectivity index (χ2v) is 12.4. The van der Waals surface area contributed by atoms with E-state index in [2.05, 4.69) is 69.1 Å². The number of para-hydroxylation sites is 1. The van der Waals surface area contributed by atoms with Crippen molar-refractivity contribution < 1.29 is 19.2 Å². The van der Waals surface area contributed by atoms with E-state index in [1.54, 1.807) is 32.4 Å². The Balaban J connectivity index is 0.000000710. The smallest absolute Gasteiger partial charge is 0.282 e. The molecule has 1 N–H and O–H groups in total. The Morgan fingerprint density at radius 2 is 1.77 bits per heavy atom. The van der Waals surface area contributed by atoms with E-state index in [0.717, 1.165) is 73.3 Å². The predicted molar refractivity (Wildman–Crippen MR) is 198 cm³/mol. The summed E-state index contributed by atoms with van der Waals surface area (Å²) in [5.41, 5.74) is 3.64. The van der Waals surface area contributed by atoms with Gasteiger partial charge in [0, 0.05) is 25.1 Å². The van der Waals surface area contributed by atoms with Crippen LogP contribution in [0.5, 0.6) is 11.5 Å². The van der Waals surface area contributed by atoms with E-state index in [1.165, 1.54) is 17.8 Å². The summed E-state index contributed by atoms with van der Waals surface area (Å²) in [5.74, 6) is 2.32. The topological polar surface area (TPSA) is 93.9 Å². The van der Waals surface area contributed by atoms with Gasteiger partial charge in [0.25, 0.3) is 5.69 Å². The molecule has 0 saturated heterocycles. The van der Waals surface area contributed by atoms with E-state index in [0.29, 0.717) is 23.3 Å². The molecule has 2 atom stereocenters. The van der Waals surface area contributed by atoms with Crippen LogP contribution in [0.3, 0.4) is 0 Å². The van der Waals surface area contributed by atoms with Gasteiger partial charge in [-0.15, -0.1) is 11.8 Å². The van der Waals surface area contributed by atoms with Gasteiger partial charge in [-0.05, 0) is 78.6 Å². The summed E-state index contributed by atoms with van der Waals surface area (Å²) in [5, 5.41) is 13.8. The minimum atomic E-state index is -0.369. The van der Waals surface area contributed by atoms with Gasteiger partial charge in [-0.2, -0.15) is 0 Å². The molecule has 1 amide bonds. The zero-order chi connectivity index (χ0) is 35.4. The molecule has 8 nitrogen and oxygen atoms in total. The molecular weight excluding hydrogens is 611 g/mol. The Morgan fingerprint density at radius 1 is 1.06 bits per heavy atom. The Kier molecular flexibility index (Phi) is 20.3. The van der Waals surface area contributed by atoms with Gasteiger partial charge in [-0.3, -0.25) is 14.9 Å². The largest absolute Gasteiger partial charge is 0.493 e. The molecule has 1 aliphatic rings. The highest BCUT2D eigenvalue weighted by Crippen LogP contribution is 2.36. The fourth-order valence-corrected chi connectivity index (χ4v) is 6.08. The Labute approximate surface area is 288 Å². The summed E-state index contributed by atoms with van der Waals surface area (Å²) in [6.45, 7) is 16.3. The molecule has 0 aromatic heterocycles. The third-order valence-electron chi connectivity index (χ3n) is 7.86. The van der Waals surface area contributed by atoms with Crippen LogP contribution in [-0.2, 0) is 11.2 Å². The van der Waals surface area contributed by atoms with Crippen LogP contribution in [0.25, 0.3) is 0 Å². The van der Waals surface area contributed by atoms with Crippen LogP contribution >= 0.6 is 11.8 Å². The van der Waals surface area contributed by atoms with Gasteiger partial charge < -0.3 is 19.7 Å². The van der Waals surface area contributed by atoms with Crippen LogP contribution in [0.2, 0.25) is 0 Å². The first-order valence-corrected chi connectivity index (χ1v) is 18.3. The van der Waals surface area contributed by atoms with Crippen molar-refractivity contribution in [3.05, 3.63) is 81.6 Å². The predicted octanol–water partition coefficient (Wildman–Crippen LogP) is 9.78. The van der Waals surface area contributed by atoms with Crippen LogP contribution in [0.15, 0.2) is 65.2 Å². The lowest BCUT2D eigenvalue weighted by Crippen LogP contribution is -2.40. The fourth-order valence-electron chi connectivity index (χ4n) is 5.51. The molecule has 0 bridgehead atoms. The van der Waals surface area contributed by atoms with E-state index in [1.807, 2.05) is 26.3 Å². The summed E-state index contributed by atoms with van der Waals surface area (Å²) in [6, 6.07) is 11.0. The average Bonchev–Trinajstić information content (AvgIpc) is 3.09. The number of thioether (sulfide) groups is 1. The number of nitro groups is 1. The quantitative estimate of drug-likeness (QED) is 0.108. The lowest BCUT2D eigenvalue weighted by atomic mass is 9.89. The van der Waals surface area contributed by atoms with Gasteiger partial charge in [-0.25, -0.2) is 0 Å². The van der Waals surface area contributed by atoms with Gasteiger partial charge in [-0.1, -0.05) is 85.9 Å². The highest BCUT2D eigenvalue weighted by atomic mass is 32.2. The maximum atomic E-state index is 13.5. The highest BCUT2D eigenvalue weighted by molar-refractivity contribution is 7.98. The molecule has 2 unspecified atom stereocenters. The van der Waals surface area contributed by atoms with E-state index in [4.69, 9.17) is 9.47 Å². The summed E-state index contributed by atoms with van der Waals surface area (Å²) < 4.78 is 11.3. The Bertz CT molecular complexity index is 1290. The van der Waals surface area contributed by atoms with E-state index >= 15 is 0 Å². The van der Waals surface area contributed by atoms with Crippen molar-refractivity contribution in [1.29, 1.82) is 0 Å². The number of hydrogen-bond acceptors (Lipinski definition) is 7. The van der Waals surface area contributed by atoms with E-state index < -0.39 is 0 Å². The van der Waals surface area contributed by atoms with Gasteiger partial charge >= 0.3 is 0 Å². The third kappa shape index (κ3) is 12.9. The normalized spacial score (nSPS) is 14.0. The van der Waals surface area contributed by atoms with Crippen LogP contribution in [-0.4, -0.2) is 49.3 Å². The van der Waals surface area contributed by atoms with Crippen LogP contribution in [0.1, 0.15) is 97.7 Å². The van der Waals surface area contributed by atoms with Gasteiger partial charge in [0.2, 0.25) is 5.91 Å². The maximum absolute atomic E-state index is 13.5. The average molecular weight is 670 g/mol. The molecule has 9 heteroatoms. The lowest BCUT2D eigenvalue weighted by molar-refractivity contribution is -0.387. The number of nitrogens with zero attached hydrogens (tertiary/aromatic N) is 2. The number of carbonyl (C=O) groups is 1. The number of carbonyl (C=O) groups excluding carboxylic acids is 1. The number of rotatable bonds is 16. The van der Waals surface area contributed by atoms with Crippen molar-refractivity contribution in [2.45, 2.75) is 97.9 Å². The zero-order valence-electron chi connectivity index (χ0n) is 30.4. The minimum Gasteiger partial charge on any atom is -0.493 e. The molecule has 2 aromatic carbocycles. The van der Waals surface area contributed by atoms with Crippen molar-refractivity contribution in [3.63, 3.8) is 0 Å². The molecule has 0 spiro atoms.